The topological polar surface area (TPSA) is 66.3 Å². The van der Waals surface area contributed by atoms with Gasteiger partial charge in [0, 0.05) is 31.9 Å². The molecule has 2 heterocycles. The van der Waals surface area contributed by atoms with E-state index in [0.29, 0.717) is 36.0 Å². The van der Waals surface area contributed by atoms with Crippen molar-refractivity contribution in [2.45, 2.75) is 40.2 Å². The second-order valence-electron chi connectivity index (χ2n) is 9.56. The molecule has 2 aromatic heterocycles. The minimum atomic E-state index is -0.514. The molecular formula is C32H39FN6O. The molecule has 7 nitrogen and oxygen atoms in total. The molecule has 0 spiro atoms. The van der Waals surface area contributed by atoms with Gasteiger partial charge >= 0.3 is 0 Å². The highest BCUT2D eigenvalue weighted by molar-refractivity contribution is 5.92. The van der Waals surface area contributed by atoms with Gasteiger partial charge in [-0.1, -0.05) is 82.3 Å². The number of rotatable bonds is 11. The van der Waals surface area contributed by atoms with E-state index in [0.717, 1.165) is 35.3 Å². The Labute approximate surface area is 237 Å². The van der Waals surface area contributed by atoms with Crippen LogP contribution in [0.25, 0.3) is 11.3 Å². The first-order valence-electron chi connectivity index (χ1n) is 13.6. The molecule has 4 aromatic rings. The number of aldehydes is 1. The van der Waals surface area contributed by atoms with Gasteiger partial charge < -0.3 is 15.1 Å². The molecule has 0 fully saturated rings. The molecule has 0 saturated heterocycles. The molecule has 4 rings (SSSR count). The van der Waals surface area contributed by atoms with Gasteiger partial charge in [-0.3, -0.25) is 4.79 Å². The van der Waals surface area contributed by atoms with E-state index in [4.69, 9.17) is 5.10 Å². The van der Waals surface area contributed by atoms with Crippen molar-refractivity contribution in [3.05, 3.63) is 102 Å². The van der Waals surface area contributed by atoms with Crippen molar-refractivity contribution < 1.29 is 9.18 Å². The van der Waals surface area contributed by atoms with Crippen molar-refractivity contribution in [2.24, 2.45) is 0 Å². The number of nitrogens with zero attached hydrogens (tertiary/aromatic N) is 5. The van der Waals surface area contributed by atoms with Crippen molar-refractivity contribution in [1.29, 1.82) is 0 Å². The lowest BCUT2D eigenvalue weighted by atomic mass is 10.1. The number of para-hydroxylation sites is 1. The monoisotopic (exact) mass is 542 g/mol. The van der Waals surface area contributed by atoms with E-state index >= 15 is 0 Å². The summed E-state index contributed by atoms with van der Waals surface area (Å²) in [6, 6.07) is 22.1. The van der Waals surface area contributed by atoms with E-state index in [1.54, 1.807) is 16.8 Å². The Morgan fingerprint density at radius 2 is 1.68 bits per heavy atom. The third kappa shape index (κ3) is 7.56. The minimum Gasteiger partial charge on any atom is -0.365 e. The van der Waals surface area contributed by atoms with Crippen molar-refractivity contribution in [3.8, 4) is 11.3 Å². The largest absolute Gasteiger partial charge is 0.365 e. The predicted molar refractivity (Wildman–Crippen MR) is 163 cm³/mol. The van der Waals surface area contributed by atoms with Crippen LogP contribution in [0.4, 0.5) is 21.7 Å². The SMILES string of the molecule is C=C(N(C)C)N(CCC)c1nn(Cc2ccc(-c3cccc(F)n3)cc2)c(Nc2ccccc2)c1C=O.CCC. The van der Waals surface area contributed by atoms with Crippen molar-refractivity contribution in [3.63, 3.8) is 0 Å². The molecule has 210 valence electrons. The zero-order valence-electron chi connectivity index (χ0n) is 24.1. The first-order chi connectivity index (χ1) is 19.3. The fraction of sp³-hybridized carbons (Fsp3) is 0.281. The highest BCUT2D eigenvalue weighted by Crippen LogP contribution is 2.31. The fourth-order valence-electron chi connectivity index (χ4n) is 4.02. The molecule has 2 aromatic carbocycles. The van der Waals surface area contributed by atoms with E-state index in [1.807, 2.05) is 78.5 Å². The van der Waals surface area contributed by atoms with Gasteiger partial charge in [0.05, 0.1) is 12.2 Å². The molecule has 0 aliphatic carbocycles. The molecule has 0 bridgehead atoms. The second-order valence-corrected chi connectivity index (χ2v) is 9.56. The van der Waals surface area contributed by atoms with Crippen LogP contribution in [0.5, 0.6) is 0 Å². The summed E-state index contributed by atoms with van der Waals surface area (Å²) < 4.78 is 15.4. The average Bonchev–Trinajstić information content (AvgIpc) is 3.28. The third-order valence-corrected chi connectivity index (χ3v) is 5.95. The average molecular weight is 543 g/mol. The number of hydrogen-bond acceptors (Lipinski definition) is 6. The Morgan fingerprint density at radius 3 is 2.25 bits per heavy atom. The van der Waals surface area contributed by atoms with Crippen molar-refractivity contribution in [2.75, 3.05) is 30.9 Å². The maximum Gasteiger partial charge on any atom is 0.213 e. The van der Waals surface area contributed by atoms with Gasteiger partial charge in [-0.05, 0) is 36.2 Å². The Morgan fingerprint density at radius 1 is 1.00 bits per heavy atom. The highest BCUT2D eigenvalue weighted by atomic mass is 19.1. The fourth-order valence-corrected chi connectivity index (χ4v) is 4.02. The second kappa shape index (κ2) is 14.6. The summed E-state index contributed by atoms with van der Waals surface area (Å²) in [4.78, 5) is 20.3. The van der Waals surface area contributed by atoms with Crippen LogP contribution in [0.2, 0.25) is 0 Å². The number of carbonyl (C=O) groups excluding carboxylic acids is 1. The number of hydrogen-bond donors (Lipinski definition) is 1. The lowest BCUT2D eigenvalue weighted by Crippen LogP contribution is -2.32. The first-order valence-corrected chi connectivity index (χ1v) is 13.6. The van der Waals surface area contributed by atoms with Crippen LogP contribution < -0.4 is 10.2 Å². The van der Waals surface area contributed by atoms with Gasteiger partial charge in [-0.2, -0.15) is 9.49 Å². The molecule has 0 radical (unpaired) electrons. The number of anilines is 3. The predicted octanol–water partition coefficient (Wildman–Crippen LogP) is 7.35. The first kappa shape index (κ1) is 30.1. The third-order valence-electron chi connectivity index (χ3n) is 5.95. The molecule has 0 aliphatic rings. The number of benzene rings is 2. The normalized spacial score (nSPS) is 10.3. The summed E-state index contributed by atoms with van der Waals surface area (Å²) in [5.74, 6) is 1.38. The molecule has 0 amide bonds. The summed E-state index contributed by atoms with van der Waals surface area (Å²) in [6.07, 6.45) is 2.95. The molecule has 40 heavy (non-hydrogen) atoms. The van der Waals surface area contributed by atoms with Crippen molar-refractivity contribution >= 4 is 23.6 Å². The van der Waals surface area contributed by atoms with Crippen LogP contribution in [-0.4, -0.2) is 46.6 Å². The highest BCUT2D eigenvalue weighted by Gasteiger charge is 2.24. The summed E-state index contributed by atoms with van der Waals surface area (Å²) in [5, 5.41) is 8.28. The van der Waals surface area contributed by atoms with Gasteiger partial charge in [-0.25, -0.2) is 9.67 Å². The van der Waals surface area contributed by atoms with Gasteiger partial charge in [0.2, 0.25) is 5.95 Å². The van der Waals surface area contributed by atoms with E-state index in [-0.39, 0.29) is 0 Å². The van der Waals surface area contributed by atoms with Crippen LogP contribution in [0.15, 0.2) is 85.2 Å². The van der Waals surface area contributed by atoms with Gasteiger partial charge in [0.1, 0.15) is 17.2 Å². The van der Waals surface area contributed by atoms with Gasteiger partial charge in [0.25, 0.3) is 0 Å². The van der Waals surface area contributed by atoms with Gasteiger partial charge in [0.15, 0.2) is 12.1 Å². The zero-order chi connectivity index (χ0) is 29.1. The quantitative estimate of drug-likeness (QED) is 0.158. The van der Waals surface area contributed by atoms with Crippen LogP contribution in [-0.2, 0) is 6.54 Å². The summed E-state index contributed by atoms with van der Waals surface area (Å²) in [5.41, 5.74) is 3.66. The lowest BCUT2D eigenvalue weighted by molar-refractivity contribution is 0.112. The molecule has 8 heteroatoms. The van der Waals surface area contributed by atoms with Crippen LogP contribution in [0, 0.1) is 5.95 Å². The van der Waals surface area contributed by atoms with Crippen LogP contribution in [0.1, 0.15) is 49.5 Å². The zero-order valence-corrected chi connectivity index (χ0v) is 24.1. The number of nitrogens with one attached hydrogen (secondary N) is 1. The minimum absolute atomic E-state index is 0.418. The lowest BCUT2D eigenvalue weighted by Gasteiger charge is -2.29. The Hall–Kier alpha value is -4.46. The Bertz CT molecular complexity index is 1380. The number of carbonyl (C=O) groups is 1. The number of aromatic nitrogens is 3. The summed E-state index contributed by atoms with van der Waals surface area (Å²) in [7, 11) is 3.83. The van der Waals surface area contributed by atoms with E-state index < -0.39 is 5.95 Å². The molecule has 0 atom stereocenters. The molecule has 0 saturated carbocycles. The molecular weight excluding hydrogens is 503 g/mol. The summed E-state index contributed by atoms with van der Waals surface area (Å²) in [6.45, 7) is 11.6. The molecule has 0 aliphatic heterocycles. The van der Waals surface area contributed by atoms with E-state index in [2.05, 4.69) is 37.7 Å². The Balaban J connectivity index is 0.00000141. The molecule has 0 unspecified atom stereocenters. The van der Waals surface area contributed by atoms with Crippen molar-refractivity contribution in [1.82, 2.24) is 19.7 Å². The number of pyridine rings is 1. The van der Waals surface area contributed by atoms with Crippen LogP contribution >= 0.6 is 0 Å². The standard InChI is InChI=1S/C29H31FN6O.C3H8/c1-5-18-35(21(2)34(3)4)29-25(20-37)28(31-24-10-7-6-8-11-24)36(33-29)19-22-14-16-23(17-15-22)26-12-9-13-27(30)32-26;1-3-2/h6-17,20,31H,2,5,18-19H2,1,3-4H3;3H2,1-2H3. The summed E-state index contributed by atoms with van der Waals surface area (Å²) >= 11 is 0. The van der Waals surface area contributed by atoms with E-state index in [9.17, 15) is 9.18 Å². The smallest absolute Gasteiger partial charge is 0.213 e. The number of halogens is 1. The Kier molecular flexibility index (Phi) is 11.0. The molecule has 1 N–H and O–H groups in total. The van der Waals surface area contributed by atoms with E-state index in [1.165, 1.54) is 12.5 Å². The van der Waals surface area contributed by atoms with Gasteiger partial charge in [-0.15, -0.1) is 0 Å². The maximum absolute atomic E-state index is 13.6. The maximum atomic E-state index is 13.6. The van der Waals surface area contributed by atoms with Crippen LogP contribution in [0.3, 0.4) is 0 Å².